The average Bonchev–Trinajstić information content (AvgIpc) is 3.30. The van der Waals surface area contributed by atoms with Gasteiger partial charge in [-0.1, -0.05) is 53.5 Å². The maximum atomic E-state index is 6.58. The number of aromatic nitrogens is 4. The highest BCUT2D eigenvalue weighted by atomic mass is 35.5. The second kappa shape index (κ2) is 7.02. The fourth-order valence-electron chi connectivity index (χ4n) is 3.17. The van der Waals surface area contributed by atoms with Gasteiger partial charge >= 0.3 is 0 Å². The second-order valence-corrected chi connectivity index (χ2v) is 6.86. The average molecular weight is 374 g/mol. The number of hydrogen-bond acceptors (Lipinski definition) is 4. The van der Waals surface area contributed by atoms with Crippen molar-refractivity contribution in [3.63, 3.8) is 0 Å². The van der Waals surface area contributed by atoms with E-state index in [-0.39, 0.29) is 0 Å². The number of hydrogen-bond donors (Lipinski definition) is 0. The monoisotopic (exact) mass is 373 g/mol. The fraction of sp³-hybridized carbons (Fsp3) is 0.278. The highest BCUT2D eigenvalue weighted by Crippen LogP contribution is 2.40. The first kappa shape index (κ1) is 16.4. The zero-order chi connectivity index (χ0) is 17.2. The molecule has 4 rings (SSSR count). The van der Waals surface area contributed by atoms with Gasteiger partial charge in [0.05, 0.1) is 22.3 Å². The molecular weight excluding hydrogens is 357 g/mol. The van der Waals surface area contributed by atoms with Gasteiger partial charge in [-0.05, 0) is 41.0 Å². The van der Waals surface area contributed by atoms with Crippen LogP contribution in [0.2, 0.25) is 10.0 Å². The Hall–Kier alpha value is -2.11. The molecule has 0 spiro atoms. The Bertz CT molecular complexity index is 872. The van der Waals surface area contributed by atoms with Gasteiger partial charge in [-0.15, -0.1) is 5.10 Å². The topological polar surface area (TPSA) is 46.8 Å². The second-order valence-electron chi connectivity index (χ2n) is 6.10. The van der Waals surface area contributed by atoms with Crippen molar-refractivity contribution in [1.82, 2.24) is 20.2 Å². The van der Waals surface area contributed by atoms with Crippen LogP contribution in [0.1, 0.15) is 18.4 Å². The third-order valence-electron chi connectivity index (χ3n) is 4.46. The number of tetrazole rings is 1. The van der Waals surface area contributed by atoms with Gasteiger partial charge in [0, 0.05) is 18.7 Å². The third-order valence-corrected chi connectivity index (χ3v) is 5.33. The van der Waals surface area contributed by atoms with Crippen LogP contribution in [-0.4, -0.2) is 33.3 Å². The van der Waals surface area contributed by atoms with Crippen molar-refractivity contribution in [3.05, 3.63) is 58.1 Å². The lowest BCUT2D eigenvalue weighted by Gasteiger charge is -2.20. The van der Waals surface area contributed by atoms with Crippen LogP contribution in [0.25, 0.3) is 11.4 Å². The zero-order valence-corrected chi connectivity index (χ0v) is 15.1. The van der Waals surface area contributed by atoms with Crippen molar-refractivity contribution in [3.8, 4) is 11.4 Å². The van der Waals surface area contributed by atoms with Crippen LogP contribution in [0.3, 0.4) is 0 Å². The molecule has 128 valence electrons. The van der Waals surface area contributed by atoms with Crippen LogP contribution >= 0.6 is 23.2 Å². The summed E-state index contributed by atoms with van der Waals surface area (Å²) in [4.78, 5) is 2.27. The Morgan fingerprint density at radius 2 is 1.68 bits per heavy atom. The molecule has 2 heterocycles. The summed E-state index contributed by atoms with van der Waals surface area (Å²) in [7, 11) is 0. The minimum absolute atomic E-state index is 0.496. The summed E-state index contributed by atoms with van der Waals surface area (Å²) < 4.78 is 1.74. The number of halogens is 2. The van der Waals surface area contributed by atoms with Gasteiger partial charge in [0.15, 0.2) is 5.82 Å². The molecule has 25 heavy (non-hydrogen) atoms. The Balaban J connectivity index is 1.69. The van der Waals surface area contributed by atoms with E-state index in [1.54, 1.807) is 4.68 Å². The molecule has 1 aromatic heterocycles. The van der Waals surface area contributed by atoms with E-state index < -0.39 is 0 Å². The quantitative estimate of drug-likeness (QED) is 0.683. The summed E-state index contributed by atoms with van der Waals surface area (Å²) in [6.07, 6.45) is 2.37. The van der Waals surface area contributed by atoms with Gasteiger partial charge in [0.2, 0.25) is 0 Å². The Kier molecular flexibility index (Phi) is 4.59. The van der Waals surface area contributed by atoms with E-state index in [0.29, 0.717) is 22.4 Å². The molecule has 2 aromatic carbocycles. The lowest BCUT2D eigenvalue weighted by molar-refractivity contribution is 0.653. The third kappa shape index (κ3) is 3.22. The molecule has 1 aliphatic heterocycles. The molecule has 1 fully saturated rings. The largest absolute Gasteiger partial charge is 0.370 e. The molecule has 0 N–H and O–H groups in total. The Labute approximate surface area is 156 Å². The van der Waals surface area contributed by atoms with Crippen molar-refractivity contribution in [1.29, 1.82) is 0 Å². The molecular formula is C18H17Cl2N5. The van der Waals surface area contributed by atoms with E-state index in [2.05, 4.69) is 20.4 Å². The van der Waals surface area contributed by atoms with Gasteiger partial charge in [-0.3, -0.25) is 0 Å². The van der Waals surface area contributed by atoms with Gasteiger partial charge in [0.25, 0.3) is 0 Å². The minimum Gasteiger partial charge on any atom is -0.370 e. The van der Waals surface area contributed by atoms with Crippen molar-refractivity contribution in [2.24, 2.45) is 0 Å². The lowest BCUT2D eigenvalue weighted by Crippen LogP contribution is -2.18. The molecule has 0 unspecified atom stereocenters. The summed E-state index contributed by atoms with van der Waals surface area (Å²) in [6, 6.07) is 14.0. The predicted octanol–water partition coefficient (Wildman–Crippen LogP) is 4.30. The van der Waals surface area contributed by atoms with Crippen LogP contribution in [0.5, 0.6) is 0 Å². The van der Waals surface area contributed by atoms with E-state index in [9.17, 15) is 0 Å². The van der Waals surface area contributed by atoms with Crippen LogP contribution in [0.4, 0.5) is 5.69 Å². The van der Waals surface area contributed by atoms with Gasteiger partial charge in [-0.25, -0.2) is 4.68 Å². The Morgan fingerprint density at radius 1 is 0.920 bits per heavy atom. The molecule has 5 nitrogen and oxygen atoms in total. The van der Waals surface area contributed by atoms with E-state index in [1.165, 1.54) is 12.8 Å². The summed E-state index contributed by atoms with van der Waals surface area (Å²) in [5, 5.41) is 13.1. The molecule has 0 amide bonds. The maximum Gasteiger partial charge on any atom is 0.183 e. The molecule has 7 heteroatoms. The lowest BCUT2D eigenvalue weighted by atomic mass is 10.1. The van der Waals surface area contributed by atoms with E-state index in [1.807, 2.05) is 42.5 Å². The van der Waals surface area contributed by atoms with Crippen molar-refractivity contribution >= 4 is 28.9 Å². The zero-order valence-electron chi connectivity index (χ0n) is 13.6. The first-order valence-corrected chi connectivity index (χ1v) is 9.03. The SMILES string of the molecule is Clc1c(-c2nnnn2Cc2ccccc2)ccc(N2CCCC2)c1Cl. The highest BCUT2D eigenvalue weighted by molar-refractivity contribution is 6.45. The first-order valence-electron chi connectivity index (χ1n) is 8.27. The molecule has 0 bridgehead atoms. The standard InChI is InChI=1S/C18H17Cl2N5/c19-16-14(8-9-15(17(16)20)24-10-4-5-11-24)18-21-22-23-25(18)12-13-6-2-1-3-7-13/h1-3,6-9H,4-5,10-12H2. The molecule has 0 radical (unpaired) electrons. The molecule has 1 saturated heterocycles. The van der Waals surface area contributed by atoms with Gasteiger partial charge in [-0.2, -0.15) is 0 Å². The smallest absolute Gasteiger partial charge is 0.183 e. The summed E-state index contributed by atoms with van der Waals surface area (Å²) in [6.45, 7) is 2.60. The normalized spacial score (nSPS) is 14.2. The Morgan fingerprint density at radius 3 is 2.44 bits per heavy atom. The van der Waals surface area contributed by atoms with Crippen molar-refractivity contribution < 1.29 is 0 Å². The minimum atomic E-state index is 0.496. The van der Waals surface area contributed by atoms with Gasteiger partial charge in [0.1, 0.15) is 0 Å². The number of anilines is 1. The summed E-state index contributed by atoms with van der Waals surface area (Å²) in [5.41, 5.74) is 2.84. The molecule has 1 aliphatic rings. The molecule has 3 aromatic rings. The van der Waals surface area contributed by atoms with E-state index >= 15 is 0 Å². The number of rotatable bonds is 4. The molecule has 0 atom stereocenters. The highest BCUT2D eigenvalue weighted by Gasteiger charge is 2.21. The first-order chi connectivity index (χ1) is 12.2. The molecule has 0 aliphatic carbocycles. The fourth-order valence-corrected chi connectivity index (χ4v) is 3.70. The molecule has 0 saturated carbocycles. The van der Waals surface area contributed by atoms with Crippen molar-refractivity contribution in [2.45, 2.75) is 19.4 Å². The van der Waals surface area contributed by atoms with Gasteiger partial charge < -0.3 is 4.90 Å². The van der Waals surface area contributed by atoms with Crippen LogP contribution in [-0.2, 0) is 6.54 Å². The van der Waals surface area contributed by atoms with Crippen molar-refractivity contribution in [2.75, 3.05) is 18.0 Å². The van der Waals surface area contributed by atoms with Crippen LogP contribution in [0.15, 0.2) is 42.5 Å². The maximum absolute atomic E-state index is 6.58. The van der Waals surface area contributed by atoms with Crippen LogP contribution in [0, 0.1) is 0 Å². The van der Waals surface area contributed by atoms with Crippen LogP contribution < -0.4 is 4.90 Å². The summed E-state index contributed by atoms with van der Waals surface area (Å²) >= 11 is 13.1. The van der Waals surface area contributed by atoms with E-state index in [0.717, 1.165) is 29.9 Å². The predicted molar refractivity (Wildman–Crippen MR) is 100 cm³/mol. The summed E-state index contributed by atoms with van der Waals surface area (Å²) in [5.74, 6) is 0.615. The van der Waals surface area contributed by atoms with E-state index in [4.69, 9.17) is 23.2 Å². The number of nitrogens with zero attached hydrogens (tertiary/aromatic N) is 5. The number of benzene rings is 2.